The van der Waals surface area contributed by atoms with Crippen molar-refractivity contribution in [3.63, 3.8) is 0 Å². The largest absolute Gasteiger partial charge is 0.469 e. The van der Waals surface area contributed by atoms with Gasteiger partial charge in [-0.2, -0.15) is 0 Å². The Balaban J connectivity index is 0. The molecule has 0 aromatic rings. The molecule has 0 saturated carbocycles. The molecule has 0 spiro atoms. The molecule has 0 aromatic carbocycles. The van der Waals surface area contributed by atoms with Gasteiger partial charge in [-0.3, -0.25) is 4.79 Å². The van der Waals surface area contributed by atoms with Crippen LogP contribution in [0.3, 0.4) is 0 Å². The molecular weight excluding hydrogens is 428 g/mol. The van der Waals surface area contributed by atoms with Gasteiger partial charge in [-0.15, -0.1) is 0 Å². The molecule has 0 aliphatic rings. The van der Waals surface area contributed by atoms with E-state index >= 15 is 0 Å². The van der Waals surface area contributed by atoms with E-state index < -0.39 is 47.4 Å². The van der Waals surface area contributed by atoms with Gasteiger partial charge in [0.15, 0.2) is 0 Å². The molecule has 2 atom stereocenters. The van der Waals surface area contributed by atoms with Crippen LogP contribution in [0.1, 0.15) is 54.4 Å². The number of hydrogen-bond donors (Lipinski definition) is 4. The molecule has 0 aliphatic carbocycles. The third-order valence-corrected chi connectivity index (χ3v) is 3.19. The molecule has 0 aromatic heterocycles. The van der Waals surface area contributed by atoms with Crippen LogP contribution in [0.15, 0.2) is 0 Å². The Morgan fingerprint density at radius 3 is 1.62 bits per heavy atom. The second-order valence-electron chi connectivity index (χ2n) is 8.54. The number of carbonyl (C=O) groups is 4. The summed E-state index contributed by atoms with van der Waals surface area (Å²) >= 11 is 0. The van der Waals surface area contributed by atoms with Gasteiger partial charge in [0.25, 0.3) is 0 Å². The Labute approximate surface area is 188 Å². The minimum Gasteiger partial charge on any atom is -0.469 e. The first-order valence-electron chi connectivity index (χ1n) is 9.93. The van der Waals surface area contributed by atoms with Gasteiger partial charge < -0.3 is 39.8 Å². The van der Waals surface area contributed by atoms with Crippen LogP contribution in [0.2, 0.25) is 0 Å². The van der Waals surface area contributed by atoms with E-state index in [0.29, 0.717) is 6.42 Å². The Kier molecular flexibility index (Phi) is 15.0. The van der Waals surface area contributed by atoms with Crippen LogP contribution in [-0.2, 0) is 28.5 Å². The molecule has 4 N–H and O–H groups in total. The topological polar surface area (TPSA) is 170 Å². The number of nitrogens with one attached hydrogen (secondary N) is 2. The predicted molar refractivity (Wildman–Crippen MR) is 114 cm³/mol. The fraction of sp³-hybridized carbons (Fsp3) is 0.800. The highest BCUT2D eigenvalue weighted by Crippen LogP contribution is 2.08. The molecule has 32 heavy (non-hydrogen) atoms. The van der Waals surface area contributed by atoms with Crippen molar-refractivity contribution < 1.29 is 48.3 Å². The molecular formula is C20H38N2O10. The molecule has 0 bridgehead atoms. The number of aliphatic hydroxyl groups is 2. The number of alkyl carbamates (subject to hydrolysis) is 2. The van der Waals surface area contributed by atoms with Gasteiger partial charge >= 0.3 is 24.1 Å². The van der Waals surface area contributed by atoms with E-state index in [4.69, 9.17) is 19.7 Å². The lowest BCUT2D eigenvalue weighted by atomic mass is 10.2. The first-order chi connectivity index (χ1) is 14.6. The zero-order chi connectivity index (χ0) is 25.5. The number of hydrogen-bond acceptors (Lipinski definition) is 10. The van der Waals surface area contributed by atoms with Gasteiger partial charge in [-0.25, -0.2) is 14.4 Å². The fourth-order valence-electron chi connectivity index (χ4n) is 1.87. The third kappa shape index (κ3) is 18.2. The smallest absolute Gasteiger partial charge is 0.408 e. The maximum Gasteiger partial charge on any atom is 0.408 e. The lowest BCUT2D eigenvalue weighted by Gasteiger charge is -2.22. The molecule has 0 saturated heterocycles. The standard InChI is InChI=1S/C11H19NO6.C9H19NO4/c1-11(2,3)18-10(15)12-7(9(14)17-5)6-8(13)16-4;1-9(2,3)14-8(13)10-7(6-12)4-5-11/h7H,6H2,1-5H3,(H,12,15);7,11-12H,4-6H2,1-3H3,(H,10,13)/t2*7-/m00/s1. The molecule has 12 heteroatoms. The Bertz CT molecular complexity index is 596. The number of amides is 2. The molecule has 0 aliphatic heterocycles. The SMILES string of the molecule is CC(C)(C)OC(=O)N[C@H](CO)CCO.COC(=O)C[C@H](NC(=O)OC(C)(C)C)C(=O)OC. The molecule has 0 fully saturated rings. The van der Waals surface area contributed by atoms with Crippen LogP contribution in [0, 0.1) is 0 Å². The Morgan fingerprint density at radius 1 is 0.812 bits per heavy atom. The fourth-order valence-corrected chi connectivity index (χ4v) is 1.87. The lowest BCUT2D eigenvalue weighted by molar-refractivity contribution is -0.149. The summed E-state index contributed by atoms with van der Waals surface area (Å²) in [6.45, 7) is 10.0. The van der Waals surface area contributed by atoms with Gasteiger partial charge in [0.2, 0.25) is 0 Å². The molecule has 0 heterocycles. The van der Waals surface area contributed by atoms with Crippen LogP contribution in [-0.4, -0.2) is 85.1 Å². The number of esters is 2. The van der Waals surface area contributed by atoms with E-state index in [1.165, 1.54) is 7.11 Å². The minimum atomic E-state index is -1.13. The van der Waals surface area contributed by atoms with Crippen molar-refractivity contribution in [2.24, 2.45) is 0 Å². The van der Waals surface area contributed by atoms with Gasteiger partial charge in [0.1, 0.15) is 17.2 Å². The first-order valence-corrected chi connectivity index (χ1v) is 9.93. The summed E-state index contributed by atoms with van der Waals surface area (Å²) in [5, 5.41) is 22.1. The Morgan fingerprint density at radius 2 is 1.28 bits per heavy atom. The molecule has 188 valence electrons. The van der Waals surface area contributed by atoms with Crippen molar-refractivity contribution in [2.75, 3.05) is 27.4 Å². The van der Waals surface area contributed by atoms with Crippen molar-refractivity contribution in [2.45, 2.75) is 77.7 Å². The average molecular weight is 467 g/mol. The molecule has 0 unspecified atom stereocenters. The summed E-state index contributed by atoms with van der Waals surface area (Å²) in [5.41, 5.74) is -1.25. The van der Waals surface area contributed by atoms with Crippen molar-refractivity contribution in [3.8, 4) is 0 Å². The predicted octanol–water partition coefficient (Wildman–Crippen LogP) is 0.870. The van der Waals surface area contributed by atoms with Crippen molar-refractivity contribution >= 4 is 24.1 Å². The molecule has 0 rings (SSSR count). The van der Waals surface area contributed by atoms with Crippen LogP contribution < -0.4 is 10.6 Å². The summed E-state index contributed by atoms with van der Waals surface area (Å²) in [6.07, 6.45) is -1.38. The van der Waals surface area contributed by atoms with Crippen molar-refractivity contribution in [1.82, 2.24) is 10.6 Å². The normalized spacial score (nSPS) is 12.8. The minimum absolute atomic E-state index is 0.0823. The number of methoxy groups -OCH3 is 2. The zero-order valence-electron chi connectivity index (χ0n) is 20.1. The van der Waals surface area contributed by atoms with Crippen LogP contribution >= 0.6 is 0 Å². The highest BCUT2D eigenvalue weighted by molar-refractivity contribution is 5.86. The highest BCUT2D eigenvalue weighted by atomic mass is 16.6. The monoisotopic (exact) mass is 466 g/mol. The maximum absolute atomic E-state index is 11.5. The Hall–Kier alpha value is -2.60. The van der Waals surface area contributed by atoms with E-state index in [1.54, 1.807) is 41.5 Å². The number of rotatable bonds is 8. The quantitative estimate of drug-likeness (QED) is 0.297. The molecule has 0 radical (unpaired) electrons. The third-order valence-electron chi connectivity index (χ3n) is 3.19. The van der Waals surface area contributed by atoms with Crippen molar-refractivity contribution in [1.29, 1.82) is 0 Å². The lowest BCUT2D eigenvalue weighted by Crippen LogP contribution is -2.45. The summed E-state index contributed by atoms with van der Waals surface area (Å²) in [6, 6.07) is -1.58. The van der Waals surface area contributed by atoms with E-state index in [1.807, 2.05) is 0 Å². The number of ether oxygens (including phenoxy) is 4. The van der Waals surface area contributed by atoms with Crippen molar-refractivity contribution in [3.05, 3.63) is 0 Å². The van der Waals surface area contributed by atoms with Gasteiger partial charge in [-0.1, -0.05) is 0 Å². The van der Waals surface area contributed by atoms with Crippen LogP contribution in [0.25, 0.3) is 0 Å². The summed E-state index contributed by atoms with van der Waals surface area (Å²) in [7, 11) is 2.34. The first kappa shape index (κ1) is 31.6. The molecule has 2 amide bonds. The van der Waals surface area contributed by atoms with E-state index in [0.717, 1.165) is 7.11 Å². The van der Waals surface area contributed by atoms with E-state index in [9.17, 15) is 19.2 Å². The average Bonchev–Trinajstić information content (AvgIpc) is 2.63. The zero-order valence-corrected chi connectivity index (χ0v) is 20.1. The summed E-state index contributed by atoms with van der Waals surface area (Å²) < 4.78 is 18.8. The van der Waals surface area contributed by atoms with Gasteiger partial charge in [0, 0.05) is 6.61 Å². The maximum atomic E-state index is 11.5. The summed E-state index contributed by atoms with van der Waals surface area (Å²) in [4.78, 5) is 45.1. The van der Waals surface area contributed by atoms with E-state index in [-0.39, 0.29) is 19.6 Å². The van der Waals surface area contributed by atoms with Gasteiger partial charge in [-0.05, 0) is 48.0 Å². The number of carbonyl (C=O) groups excluding carboxylic acids is 4. The van der Waals surface area contributed by atoms with Gasteiger partial charge in [0.05, 0.1) is 33.3 Å². The van der Waals surface area contributed by atoms with Crippen LogP contribution in [0.4, 0.5) is 9.59 Å². The van der Waals surface area contributed by atoms with E-state index in [2.05, 4.69) is 20.1 Å². The second-order valence-corrected chi connectivity index (χ2v) is 8.54. The number of aliphatic hydroxyl groups excluding tert-OH is 2. The highest BCUT2D eigenvalue weighted by Gasteiger charge is 2.27. The summed E-state index contributed by atoms with van der Waals surface area (Å²) in [5.74, 6) is -1.38. The second kappa shape index (κ2) is 15.2. The molecule has 12 nitrogen and oxygen atoms in total. The van der Waals surface area contributed by atoms with Crippen LogP contribution in [0.5, 0.6) is 0 Å².